The van der Waals surface area contributed by atoms with Crippen molar-refractivity contribution in [3.8, 4) is 11.8 Å². The molecule has 1 atom stereocenters. The van der Waals surface area contributed by atoms with Crippen molar-refractivity contribution >= 4 is 21.7 Å². The third kappa shape index (κ3) is 3.79. The van der Waals surface area contributed by atoms with Gasteiger partial charge in [0.05, 0.1) is 18.1 Å². The molecule has 1 aromatic heterocycles. The highest BCUT2D eigenvalue weighted by atomic mass is 16.5. The molecule has 0 saturated heterocycles. The third-order valence-electron chi connectivity index (χ3n) is 5.78. The summed E-state index contributed by atoms with van der Waals surface area (Å²) in [4.78, 5) is 15.1. The molecule has 0 bridgehead atoms. The van der Waals surface area contributed by atoms with E-state index in [4.69, 9.17) is 4.74 Å². The number of rotatable bonds is 6. The average Bonchev–Trinajstić information content (AvgIpc) is 2.78. The highest BCUT2D eigenvalue weighted by molar-refractivity contribution is 5.83. The van der Waals surface area contributed by atoms with Crippen molar-refractivity contribution in [1.82, 2.24) is 4.98 Å². The lowest BCUT2D eigenvalue weighted by atomic mass is 9.81. The zero-order valence-electron chi connectivity index (χ0n) is 17.2. The van der Waals surface area contributed by atoms with E-state index in [0.717, 1.165) is 33.2 Å². The van der Waals surface area contributed by atoms with Crippen LogP contribution in [-0.4, -0.2) is 11.6 Å². The first kappa shape index (κ1) is 19.7. The SMILES string of the molecule is CCc1cc2ccc(C(C)(C#N)CCOc3ccc4ccccc4c3)cc2[nH]c1=O. The number of pyridine rings is 1. The standard InChI is InChI=1S/C26H24N2O2/c1-3-18-14-21-8-10-22(16-24(21)28-25(18)29)26(2,17-27)12-13-30-23-11-9-19-6-4-5-7-20(19)15-23/h4-11,14-16H,3,12-13H2,1-2H3,(H,28,29). The normalized spacial score (nSPS) is 13.1. The van der Waals surface area contributed by atoms with Crippen LogP contribution in [0.3, 0.4) is 0 Å². The monoisotopic (exact) mass is 396 g/mol. The van der Waals surface area contributed by atoms with Gasteiger partial charge in [0.25, 0.3) is 5.56 Å². The smallest absolute Gasteiger partial charge is 0.251 e. The maximum Gasteiger partial charge on any atom is 0.251 e. The summed E-state index contributed by atoms with van der Waals surface area (Å²) in [7, 11) is 0. The van der Waals surface area contributed by atoms with Crippen LogP contribution >= 0.6 is 0 Å². The minimum Gasteiger partial charge on any atom is -0.494 e. The Balaban J connectivity index is 1.54. The van der Waals surface area contributed by atoms with Crippen molar-refractivity contribution in [1.29, 1.82) is 5.26 Å². The predicted octanol–water partition coefficient (Wildman–Crippen LogP) is 5.49. The number of nitrogens with one attached hydrogen (secondary N) is 1. The summed E-state index contributed by atoms with van der Waals surface area (Å²) >= 11 is 0. The fourth-order valence-electron chi connectivity index (χ4n) is 3.75. The minimum atomic E-state index is -0.717. The number of aromatic amines is 1. The quantitative estimate of drug-likeness (QED) is 0.468. The number of nitrogens with zero attached hydrogens (tertiary/aromatic N) is 1. The number of ether oxygens (including phenoxy) is 1. The molecule has 0 saturated carbocycles. The van der Waals surface area contributed by atoms with Crippen molar-refractivity contribution in [3.63, 3.8) is 0 Å². The van der Waals surface area contributed by atoms with Crippen LogP contribution < -0.4 is 10.3 Å². The van der Waals surface area contributed by atoms with E-state index in [-0.39, 0.29) is 5.56 Å². The van der Waals surface area contributed by atoms with E-state index >= 15 is 0 Å². The van der Waals surface area contributed by atoms with E-state index in [1.165, 1.54) is 5.39 Å². The third-order valence-corrected chi connectivity index (χ3v) is 5.78. The Labute approximate surface area is 175 Å². The van der Waals surface area contributed by atoms with Crippen LogP contribution in [0.25, 0.3) is 21.7 Å². The van der Waals surface area contributed by atoms with Crippen LogP contribution in [0.15, 0.2) is 71.5 Å². The van der Waals surface area contributed by atoms with Crippen LogP contribution in [0, 0.1) is 11.3 Å². The second-order valence-corrected chi connectivity index (χ2v) is 7.83. The van der Waals surface area contributed by atoms with Crippen LogP contribution in [0.4, 0.5) is 0 Å². The van der Waals surface area contributed by atoms with Gasteiger partial charge in [-0.25, -0.2) is 0 Å². The fraction of sp³-hybridized carbons (Fsp3) is 0.231. The average molecular weight is 396 g/mol. The summed E-state index contributed by atoms with van der Waals surface area (Å²) in [5.41, 5.74) is 1.61. The van der Waals surface area contributed by atoms with E-state index in [2.05, 4.69) is 23.2 Å². The Bertz CT molecular complexity index is 1320. The zero-order valence-corrected chi connectivity index (χ0v) is 17.2. The number of aryl methyl sites for hydroxylation is 1. The topological polar surface area (TPSA) is 65.9 Å². The van der Waals surface area contributed by atoms with Gasteiger partial charge < -0.3 is 9.72 Å². The second kappa shape index (κ2) is 8.04. The molecule has 1 N–H and O–H groups in total. The Morgan fingerprint density at radius 2 is 1.77 bits per heavy atom. The van der Waals surface area contributed by atoms with Crippen LogP contribution in [0.2, 0.25) is 0 Å². The lowest BCUT2D eigenvalue weighted by molar-refractivity contribution is 0.285. The molecule has 30 heavy (non-hydrogen) atoms. The lowest BCUT2D eigenvalue weighted by Gasteiger charge is -2.22. The molecule has 4 heteroatoms. The largest absolute Gasteiger partial charge is 0.494 e. The van der Waals surface area contributed by atoms with Crippen molar-refractivity contribution in [3.05, 3.63) is 88.2 Å². The molecule has 0 aliphatic heterocycles. The molecular weight excluding hydrogens is 372 g/mol. The molecule has 150 valence electrons. The van der Waals surface area contributed by atoms with Gasteiger partial charge in [-0.15, -0.1) is 0 Å². The molecule has 3 aromatic carbocycles. The van der Waals surface area contributed by atoms with Gasteiger partial charge >= 0.3 is 0 Å². The molecular formula is C26H24N2O2. The Morgan fingerprint density at radius 3 is 2.53 bits per heavy atom. The summed E-state index contributed by atoms with van der Waals surface area (Å²) in [5, 5.41) is 13.2. The number of H-pyrrole nitrogens is 1. The number of nitriles is 1. The first-order chi connectivity index (χ1) is 14.5. The number of aromatic nitrogens is 1. The summed E-state index contributed by atoms with van der Waals surface area (Å²) < 4.78 is 5.96. The molecule has 4 nitrogen and oxygen atoms in total. The van der Waals surface area contributed by atoms with Gasteiger partial charge in [-0.1, -0.05) is 49.4 Å². The maximum atomic E-state index is 12.2. The Morgan fingerprint density at radius 1 is 1.00 bits per heavy atom. The minimum absolute atomic E-state index is 0.0690. The van der Waals surface area contributed by atoms with Gasteiger partial charge in [0.15, 0.2) is 0 Å². The van der Waals surface area contributed by atoms with Gasteiger partial charge in [-0.3, -0.25) is 4.79 Å². The Hall–Kier alpha value is -3.58. The first-order valence-corrected chi connectivity index (χ1v) is 10.2. The van der Waals surface area contributed by atoms with E-state index in [9.17, 15) is 10.1 Å². The maximum absolute atomic E-state index is 12.2. The molecule has 0 spiro atoms. The molecule has 1 heterocycles. The fourth-order valence-corrected chi connectivity index (χ4v) is 3.75. The predicted molar refractivity (Wildman–Crippen MR) is 121 cm³/mol. The van der Waals surface area contributed by atoms with E-state index in [1.807, 2.05) is 68.4 Å². The number of fused-ring (bicyclic) bond motifs is 2. The van der Waals surface area contributed by atoms with Crippen molar-refractivity contribution < 1.29 is 4.74 Å². The van der Waals surface area contributed by atoms with Crippen LogP contribution in [-0.2, 0) is 11.8 Å². The first-order valence-electron chi connectivity index (χ1n) is 10.2. The van der Waals surface area contributed by atoms with E-state index in [1.54, 1.807) is 0 Å². The summed E-state index contributed by atoms with van der Waals surface area (Å²) in [6.45, 7) is 4.30. The van der Waals surface area contributed by atoms with Gasteiger partial charge in [0.2, 0.25) is 0 Å². The highest BCUT2D eigenvalue weighted by Crippen LogP contribution is 2.30. The lowest BCUT2D eigenvalue weighted by Crippen LogP contribution is -2.23. The van der Waals surface area contributed by atoms with Gasteiger partial charge in [-0.2, -0.15) is 5.26 Å². The van der Waals surface area contributed by atoms with Crippen LogP contribution in [0.5, 0.6) is 5.75 Å². The zero-order chi connectivity index (χ0) is 21.1. The van der Waals surface area contributed by atoms with Gasteiger partial charge in [0.1, 0.15) is 5.75 Å². The van der Waals surface area contributed by atoms with Crippen molar-refractivity contribution in [2.24, 2.45) is 0 Å². The molecule has 0 amide bonds. The van der Waals surface area contributed by atoms with Gasteiger partial charge in [-0.05, 0) is 59.3 Å². The summed E-state index contributed by atoms with van der Waals surface area (Å²) in [6, 6.07) is 24.4. The second-order valence-electron chi connectivity index (χ2n) is 7.83. The molecule has 1 unspecified atom stereocenters. The highest BCUT2D eigenvalue weighted by Gasteiger charge is 2.27. The number of benzene rings is 3. The van der Waals surface area contributed by atoms with E-state index < -0.39 is 5.41 Å². The van der Waals surface area contributed by atoms with E-state index in [0.29, 0.717) is 19.4 Å². The Kier molecular flexibility index (Phi) is 5.29. The van der Waals surface area contributed by atoms with Crippen molar-refractivity contribution in [2.75, 3.05) is 6.61 Å². The number of hydrogen-bond donors (Lipinski definition) is 1. The summed E-state index contributed by atoms with van der Waals surface area (Å²) in [6.07, 6.45) is 1.23. The summed E-state index contributed by atoms with van der Waals surface area (Å²) in [5.74, 6) is 0.795. The van der Waals surface area contributed by atoms with Crippen LogP contribution in [0.1, 0.15) is 31.4 Å². The van der Waals surface area contributed by atoms with Crippen molar-refractivity contribution in [2.45, 2.75) is 32.1 Å². The molecule has 4 rings (SSSR count). The molecule has 0 radical (unpaired) electrons. The molecule has 0 aliphatic rings. The molecule has 0 aliphatic carbocycles. The number of hydrogen-bond acceptors (Lipinski definition) is 3. The molecule has 0 fully saturated rings. The van der Waals surface area contributed by atoms with Gasteiger partial charge in [0, 0.05) is 17.5 Å². The molecule has 4 aromatic rings.